The van der Waals surface area contributed by atoms with Crippen molar-refractivity contribution in [2.75, 3.05) is 28.4 Å². The Morgan fingerprint density at radius 1 is 1.05 bits per heavy atom. The smallest absolute Gasteiger partial charge is 0.278 e. The van der Waals surface area contributed by atoms with Crippen molar-refractivity contribution in [1.29, 1.82) is 0 Å². The van der Waals surface area contributed by atoms with Gasteiger partial charge in [-0.1, -0.05) is 24.3 Å². The summed E-state index contributed by atoms with van der Waals surface area (Å²) in [6.45, 7) is 0.391. The van der Waals surface area contributed by atoms with Crippen LogP contribution in [0, 0.1) is 0 Å². The minimum absolute atomic E-state index is 0.0710. The number of phenolic OH excluding ortho intramolecular Hbond substituents is 1. The third-order valence-electron chi connectivity index (χ3n) is 6.68. The standard InChI is InChI=1S/C28H22ClN5O3/c29-12-17-13-34(23-11-24(35)20-3-1-2-4-21(20)26(17)23)28(37)22-15-33-14-19(9-10-25(33)32-22)31-27(36)16-5-7-18(30)8-6-16/h1-11,14-15,17,35H,12-13,30H2,(H,31,36)/t17-/m1/s1. The number of nitrogens with zero attached hydrogens (tertiary/aromatic N) is 3. The lowest BCUT2D eigenvalue weighted by Crippen LogP contribution is -2.30. The van der Waals surface area contributed by atoms with E-state index in [1.165, 1.54) is 0 Å². The van der Waals surface area contributed by atoms with Crippen LogP contribution < -0.4 is 16.0 Å². The van der Waals surface area contributed by atoms with E-state index in [9.17, 15) is 14.7 Å². The number of carbonyl (C=O) groups excluding carboxylic acids is 2. The van der Waals surface area contributed by atoms with E-state index < -0.39 is 0 Å². The van der Waals surface area contributed by atoms with Crippen LogP contribution in [0.1, 0.15) is 32.3 Å². The van der Waals surface area contributed by atoms with Crippen LogP contribution in [0.2, 0.25) is 0 Å². The molecule has 0 fully saturated rings. The number of alkyl halides is 1. The summed E-state index contributed by atoms with van der Waals surface area (Å²) in [4.78, 5) is 32.3. The zero-order valence-corrected chi connectivity index (χ0v) is 20.3. The second-order valence-electron chi connectivity index (χ2n) is 9.03. The van der Waals surface area contributed by atoms with Crippen molar-refractivity contribution in [1.82, 2.24) is 9.38 Å². The molecule has 1 atom stereocenters. The highest BCUT2D eigenvalue weighted by Crippen LogP contribution is 2.45. The molecule has 9 heteroatoms. The van der Waals surface area contributed by atoms with Crippen LogP contribution in [0.4, 0.5) is 17.1 Å². The molecule has 0 saturated heterocycles. The number of imidazole rings is 1. The Kier molecular flexibility index (Phi) is 5.46. The molecule has 0 spiro atoms. The molecule has 3 heterocycles. The van der Waals surface area contributed by atoms with E-state index in [1.807, 2.05) is 24.3 Å². The van der Waals surface area contributed by atoms with Crippen molar-refractivity contribution in [3.8, 4) is 5.75 Å². The number of phenols is 1. The summed E-state index contributed by atoms with van der Waals surface area (Å²) >= 11 is 6.31. The number of hydrogen-bond donors (Lipinski definition) is 3. The molecular weight excluding hydrogens is 490 g/mol. The molecule has 0 unspecified atom stereocenters. The number of rotatable bonds is 4. The maximum absolute atomic E-state index is 13.6. The van der Waals surface area contributed by atoms with Gasteiger partial charge in [0.15, 0.2) is 0 Å². The van der Waals surface area contributed by atoms with Gasteiger partial charge in [0.2, 0.25) is 0 Å². The van der Waals surface area contributed by atoms with Crippen molar-refractivity contribution < 1.29 is 14.7 Å². The first-order chi connectivity index (χ1) is 17.9. The SMILES string of the molecule is Nc1ccc(C(=O)Nc2ccc3nc(C(=O)N4C[C@@H](CCl)c5c4cc(O)c4ccccc54)cn3c2)cc1. The van der Waals surface area contributed by atoms with Crippen LogP contribution in [-0.4, -0.2) is 38.7 Å². The number of fused-ring (bicyclic) bond motifs is 4. The number of nitrogen functional groups attached to an aromatic ring is 1. The Morgan fingerprint density at radius 2 is 1.81 bits per heavy atom. The molecule has 4 N–H and O–H groups in total. The van der Waals surface area contributed by atoms with Gasteiger partial charge in [-0.25, -0.2) is 4.98 Å². The average Bonchev–Trinajstić information content (AvgIpc) is 3.50. The maximum Gasteiger partial charge on any atom is 0.278 e. The molecule has 0 saturated carbocycles. The number of halogens is 1. The number of pyridine rings is 1. The van der Waals surface area contributed by atoms with Gasteiger partial charge >= 0.3 is 0 Å². The second kappa shape index (κ2) is 8.83. The quantitative estimate of drug-likeness (QED) is 0.232. The normalized spacial score (nSPS) is 14.7. The van der Waals surface area contributed by atoms with Gasteiger partial charge in [0.1, 0.15) is 17.1 Å². The Bertz CT molecular complexity index is 1700. The van der Waals surface area contributed by atoms with Crippen molar-refractivity contribution in [2.24, 2.45) is 0 Å². The molecule has 6 rings (SSSR count). The Morgan fingerprint density at radius 3 is 2.57 bits per heavy atom. The highest BCUT2D eigenvalue weighted by molar-refractivity contribution is 6.19. The number of benzene rings is 3. The fourth-order valence-corrected chi connectivity index (χ4v) is 5.14. The lowest BCUT2D eigenvalue weighted by atomic mass is 9.95. The van der Waals surface area contributed by atoms with Gasteiger partial charge in [-0.05, 0) is 47.3 Å². The van der Waals surface area contributed by atoms with Crippen molar-refractivity contribution in [3.63, 3.8) is 0 Å². The zero-order chi connectivity index (χ0) is 25.7. The predicted molar refractivity (Wildman–Crippen MR) is 145 cm³/mol. The predicted octanol–water partition coefficient (Wildman–Crippen LogP) is 5.01. The largest absolute Gasteiger partial charge is 0.507 e. The number of anilines is 3. The highest BCUT2D eigenvalue weighted by atomic mass is 35.5. The summed E-state index contributed by atoms with van der Waals surface area (Å²) in [5.74, 6) is -0.186. The number of nitrogens with one attached hydrogen (secondary N) is 1. The van der Waals surface area contributed by atoms with Crippen molar-refractivity contribution >= 4 is 56.9 Å². The fraction of sp³-hybridized carbons (Fsp3) is 0.107. The van der Waals surface area contributed by atoms with Crippen LogP contribution in [-0.2, 0) is 0 Å². The first-order valence-corrected chi connectivity index (χ1v) is 12.2. The third-order valence-corrected chi connectivity index (χ3v) is 7.05. The van der Waals surface area contributed by atoms with E-state index in [-0.39, 0.29) is 29.2 Å². The molecule has 5 aromatic rings. The van der Waals surface area contributed by atoms with E-state index in [1.54, 1.807) is 64.2 Å². The molecule has 0 radical (unpaired) electrons. The van der Waals surface area contributed by atoms with E-state index in [2.05, 4.69) is 10.3 Å². The Balaban J connectivity index is 1.31. The molecule has 2 aromatic heterocycles. The second-order valence-corrected chi connectivity index (χ2v) is 9.34. The topological polar surface area (TPSA) is 113 Å². The summed E-state index contributed by atoms with van der Waals surface area (Å²) in [6, 6.07) is 19.3. The average molecular weight is 512 g/mol. The van der Waals surface area contributed by atoms with E-state index in [0.717, 1.165) is 16.3 Å². The first-order valence-electron chi connectivity index (χ1n) is 11.7. The molecule has 2 amide bonds. The van der Waals surface area contributed by atoms with Crippen LogP contribution >= 0.6 is 11.6 Å². The summed E-state index contributed by atoms with van der Waals surface area (Å²) < 4.78 is 1.69. The van der Waals surface area contributed by atoms with Crippen molar-refractivity contribution in [2.45, 2.75) is 5.92 Å². The lowest BCUT2D eigenvalue weighted by molar-refractivity contribution is 0.0982. The van der Waals surface area contributed by atoms with E-state index >= 15 is 0 Å². The minimum Gasteiger partial charge on any atom is -0.507 e. The number of aromatic hydroxyl groups is 1. The van der Waals surface area contributed by atoms with E-state index in [0.29, 0.717) is 40.7 Å². The highest BCUT2D eigenvalue weighted by Gasteiger charge is 2.35. The summed E-state index contributed by atoms with van der Waals surface area (Å²) in [5, 5.41) is 15.1. The molecule has 37 heavy (non-hydrogen) atoms. The number of carbonyl (C=O) groups is 2. The minimum atomic E-state index is -0.292. The number of aromatic nitrogens is 2. The Labute approximate surface area is 216 Å². The van der Waals surface area contributed by atoms with Gasteiger partial charge in [-0.15, -0.1) is 11.6 Å². The van der Waals surface area contributed by atoms with Crippen LogP contribution in [0.15, 0.2) is 79.1 Å². The van der Waals surface area contributed by atoms with Gasteiger partial charge in [0, 0.05) is 53.4 Å². The van der Waals surface area contributed by atoms with Crippen molar-refractivity contribution in [3.05, 3.63) is 95.9 Å². The van der Waals surface area contributed by atoms with Gasteiger partial charge < -0.3 is 25.5 Å². The monoisotopic (exact) mass is 511 g/mol. The summed E-state index contributed by atoms with van der Waals surface area (Å²) in [5.41, 5.74) is 9.70. The zero-order valence-electron chi connectivity index (χ0n) is 19.6. The number of nitrogens with two attached hydrogens (primary N) is 1. The van der Waals surface area contributed by atoms with Crippen LogP contribution in [0.5, 0.6) is 5.75 Å². The maximum atomic E-state index is 13.6. The van der Waals surface area contributed by atoms with Gasteiger partial charge in [0.25, 0.3) is 11.8 Å². The number of hydrogen-bond acceptors (Lipinski definition) is 5. The molecule has 1 aliphatic rings. The number of amides is 2. The van der Waals surface area contributed by atoms with Gasteiger partial charge in [-0.2, -0.15) is 0 Å². The molecule has 1 aliphatic heterocycles. The third kappa shape index (κ3) is 3.91. The molecule has 0 aliphatic carbocycles. The van der Waals surface area contributed by atoms with Gasteiger partial charge in [-0.3, -0.25) is 9.59 Å². The van der Waals surface area contributed by atoms with Crippen LogP contribution in [0.25, 0.3) is 16.4 Å². The molecule has 8 nitrogen and oxygen atoms in total. The molecule has 184 valence electrons. The van der Waals surface area contributed by atoms with Crippen LogP contribution in [0.3, 0.4) is 0 Å². The lowest BCUT2D eigenvalue weighted by Gasteiger charge is -2.17. The van der Waals surface area contributed by atoms with Gasteiger partial charge in [0.05, 0.1) is 11.4 Å². The fourth-order valence-electron chi connectivity index (χ4n) is 4.89. The molecule has 0 bridgehead atoms. The Hall–Kier alpha value is -4.56. The van der Waals surface area contributed by atoms with E-state index in [4.69, 9.17) is 17.3 Å². The summed E-state index contributed by atoms with van der Waals surface area (Å²) in [6.07, 6.45) is 3.33. The molecular formula is C28H22ClN5O3. The summed E-state index contributed by atoms with van der Waals surface area (Å²) in [7, 11) is 0. The molecule has 3 aromatic carbocycles. The first kappa shape index (κ1) is 22.9.